The lowest BCUT2D eigenvalue weighted by Gasteiger charge is -2.20. The molecule has 0 amide bonds. The average Bonchev–Trinajstić information content (AvgIpc) is 2.66. The molecule has 0 saturated heterocycles. The lowest BCUT2D eigenvalue weighted by atomic mass is 9.88. The molecule has 0 spiro atoms. The van der Waals surface area contributed by atoms with E-state index in [1.54, 1.807) is 0 Å². The molecule has 5 heteroatoms. The number of benzene rings is 1. The number of para-hydroxylation sites is 1. The summed E-state index contributed by atoms with van der Waals surface area (Å²) in [7, 11) is 1.87. The van der Waals surface area contributed by atoms with Gasteiger partial charge in [-0.3, -0.25) is 4.79 Å². The van der Waals surface area contributed by atoms with Gasteiger partial charge < -0.3 is 15.4 Å². The number of carboxylic acids is 1. The number of carbonyl (C=O) groups excluding carboxylic acids is 1. The van der Waals surface area contributed by atoms with Gasteiger partial charge in [0.2, 0.25) is 0 Å². The monoisotopic (exact) mass is 260 g/mol. The quantitative estimate of drug-likeness (QED) is 0.806. The van der Waals surface area contributed by atoms with Crippen LogP contribution in [0.1, 0.15) is 12.5 Å². The maximum atomic E-state index is 11.5. The van der Waals surface area contributed by atoms with Crippen LogP contribution in [0.4, 0.5) is 0 Å². The highest BCUT2D eigenvalue weighted by Gasteiger charge is 2.40. The maximum Gasteiger partial charge on any atom is 0.331 e. The number of aliphatic carboxylic acids is 1. The highest BCUT2D eigenvalue weighted by molar-refractivity contribution is 6.07. The molecule has 1 heterocycles. The molecule has 0 aliphatic heterocycles. The molecule has 100 valence electrons. The molecule has 5 nitrogen and oxygen atoms in total. The number of hydrogen-bond acceptors (Lipinski definition) is 3. The molecule has 1 unspecified atom stereocenters. The predicted octanol–water partition coefficient (Wildman–Crippen LogP) is 1.09. The van der Waals surface area contributed by atoms with Gasteiger partial charge in [0.15, 0.2) is 11.3 Å². The molecule has 1 aromatic heterocycles. The molecule has 1 aromatic carbocycles. The molecular formula is C14H16N2O3. The van der Waals surface area contributed by atoms with Crippen LogP contribution in [0.2, 0.25) is 0 Å². The number of Topliss-reactive ketones (excluding diaryl/α,β-unsaturated/α-hetero) is 1. The number of nitrogens with zero attached hydrogens (tertiary/aromatic N) is 1. The minimum atomic E-state index is -1.87. The summed E-state index contributed by atoms with van der Waals surface area (Å²) in [4.78, 5) is 22.8. The lowest BCUT2D eigenvalue weighted by Crippen LogP contribution is -2.55. The zero-order valence-corrected chi connectivity index (χ0v) is 10.9. The van der Waals surface area contributed by atoms with Crippen LogP contribution in [-0.4, -0.2) is 27.0 Å². The summed E-state index contributed by atoms with van der Waals surface area (Å²) in [5.41, 5.74) is 5.63. The van der Waals surface area contributed by atoms with Crippen molar-refractivity contribution in [3.05, 3.63) is 36.0 Å². The molecule has 0 fully saturated rings. The Morgan fingerprint density at radius 3 is 2.58 bits per heavy atom. The number of carbonyl (C=O) groups is 2. The fraction of sp³-hybridized carbons (Fsp3) is 0.286. The molecule has 1 atom stereocenters. The smallest absolute Gasteiger partial charge is 0.331 e. The van der Waals surface area contributed by atoms with Crippen LogP contribution in [0, 0.1) is 0 Å². The Kier molecular flexibility index (Phi) is 3.16. The Labute approximate surface area is 110 Å². The topological polar surface area (TPSA) is 85.3 Å². The first kappa shape index (κ1) is 13.3. The maximum absolute atomic E-state index is 11.5. The van der Waals surface area contributed by atoms with E-state index in [0.29, 0.717) is 0 Å². The standard InChI is InChI=1S/C14H16N2O3/c1-9(17)14(15,13(18)19)7-10-8-16(2)12-6-4-3-5-11(10)12/h3-6,8H,7,15H2,1-2H3,(H,18,19). The van der Waals surface area contributed by atoms with Gasteiger partial charge in [0, 0.05) is 30.6 Å². The molecular weight excluding hydrogens is 244 g/mol. The Hall–Kier alpha value is -2.14. The van der Waals surface area contributed by atoms with E-state index in [2.05, 4.69) is 0 Å². The summed E-state index contributed by atoms with van der Waals surface area (Å²) in [5.74, 6) is -1.85. The highest BCUT2D eigenvalue weighted by Crippen LogP contribution is 2.24. The van der Waals surface area contributed by atoms with Gasteiger partial charge in [0.25, 0.3) is 0 Å². The third-order valence-electron chi connectivity index (χ3n) is 3.46. The first-order valence-corrected chi connectivity index (χ1v) is 5.92. The number of carboxylic acid groups (broad SMARTS) is 1. The van der Waals surface area contributed by atoms with Gasteiger partial charge >= 0.3 is 5.97 Å². The molecule has 19 heavy (non-hydrogen) atoms. The second-order valence-electron chi connectivity index (χ2n) is 4.79. The molecule has 0 aliphatic rings. The third kappa shape index (κ3) is 2.13. The van der Waals surface area contributed by atoms with Crippen molar-refractivity contribution >= 4 is 22.7 Å². The van der Waals surface area contributed by atoms with Crippen molar-refractivity contribution in [1.29, 1.82) is 0 Å². The average molecular weight is 260 g/mol. The van der Waals surface area contributed by atoms with E-state index < -0.39 is 17.3 Å². The number of ketones is 1. The van der Waals surface area contributed by atoms with Gasteiger partial charge in [-0.15, -0.1) is 0 Å². The fourth-order valence-corrected chi connectivity index (χ4v) is 2.22. The second kappa shape index (κ2) is 4.51. The van der Waals surface area contributed by atoms with E-state index in [1.807, 2.05) is 42.1 Å². The van der Waals surface area contributed by atoms with Crippen LogP contribution >= 0.6 is 0 Å². The molecule has 0 radical (unpaired) electrons. The van der Waals surface area contributed by atoms with Crippen molar-refractivity contribution in [1.82, 2.24) is 4.57 Å². The molecule has 2 aromatic rings. The Balaban J connectivity index is 2.52. The van der Waals surface area contributed by atoms with Crippen molar-refractivity contribution in [3.63, 3.8) is 0 Å². The van der Waals surface area contributed by atoms with Gasteiger partial charge in [0.05, 0.1) is 0 Å². The first-order valence-electron chi connectivity index (χ1n) is 5.92. The number of nitrogens with two attached hydrogens (primary N) is 1. The minimum absolute atomic E-state index is 0.0149. The second-order valence-corrected chi connectivity index (χ2v) is 4.79. The normalized spacial score (nSPS) is 14.3. The van der Waals surface area contributed by atoms with Gasteiger partial charge in [-0.05, 0) is 18.6 Å². The molecule has 0 bridgehead atoms. The minimum Gasteiger partial charge on any atom is -0.480 e. The van der Waals surface area contributed by atoms with Crippen molar-refractivity contribution in [3.8, 4) is 0 Å². The van der Waals surface area contributed by atoms with Crippen LogP contribution in [0.3, 0.4) is 0 Å². The van der Waals surface area contributed by atoms with Gasteiger partial charge in [-0.2, -0.15) is 0 Å². The van der Waals surface area contributed by atoms with E-state index in [-0.39, 0.29) is 6.42 Å². The summed E-state index contributed by atoms with van der Waals surface area (Å²) in [6.45, 7) is 1.21. The Morgan fingerprint density at radius 1 is 1.37 bits per heavy atom. The number of hydrogen-bond donors (Lipinski definition) is 2. The van der Waals surface area contributed by atoms with Crippen LogP contribution in [-0.2, 0) is 23.1 Å². The summed E-state index contributed by atoms with van der Waals surface area (Å²) in [6.07, 6.45) is 1.80. The van der Waals surface area contributed by atoms with Crippen molar-refractivity contribution in [2.45, 2.75) is 18.9 Å². The fourth-order valence-electron chi connectivity index (χ4n) is 2.22. The number of fused-ring (bicyclic) bond motifs is 1. The highest BCUT2D eigenvalue weighted by atomic mass is 16.4. The number of aromatic nitrogens is 1. The predicted molar refractivity (Wildman–Crippen MR) is 71.9 cm³/mol. The first-order chi connectivity index (χ1) is 8.86. The van der Waals surface area contributed by atoms with Crippen LogP contribution in [0.15, 0.2) is 30.5 Å². The Morgan fingerprint density at radius 2 is 2.00 bits per heavy atom. The SMILES string of the molecule is CC(=O)C(N)(Cc1cn(C)c2ccccc12)C(=O)O. The van der Waals surface area contributed by atoms with E-state index >= 15 is 0 Å². The lowest BCUT2D eigenvalue weighted by molar-refractivity contribution is -0.147. The van der Waals surface area contributed by atoms with E-state index in [1.165, 1.54) is 6.92 Å². The van der Waals surface area contributed by atoms with Gasteiger partial charge in [-0.1, -0.05) is 18.2 Å². The van der Waals surface area contributed by atoms with Crippen LogP contribution in [0.25, 0.3) is 10.9 Å². The summed E-state index contributed by atoms with van der Waals surface area (Å²) >= 11 is 0. The van der Waals surface area contributed by atoms with Gasteiger partial charge in [0.1, 0.15) is 0 Å². The summed E-state index contributed by atoms with van der Waals surface area (Å²) in [6, 6.07) is 7.61. The molecule has 2 rings (SSSR count). The van der Waals surface area contributed by atoms with E-state index in [9.17, 15) is 14.7 Å². The zero-order chi connectivity index (χ0) is 14.2. The Bertz CT molecular complexity index is 644. The molecule has 0 saturated carbocycles. The molecule has 0 aliphatic carbocycles. The van der Waals surface area contributed by atoms with Crippen molar-refractivity contribution in [2.24, 2.45) is 12.8 Å². The van der Waals surface area contributed by atoms with Crippen molar-refractivity contribution < 1.29 is 14.7 Å². The summed E-state index contributed by atoms with van der Waals surface area (Å²) < 4.78 is 1.90. The summed E-state index contributed by atoms with van der Waals surface area (Å²) in [5, 5.41) is 10.1. The van der Waals surface area contributed by atoms with Crippen LogP contribution in [0.5, 0.6) is 0 Å². The largest absolute Gasteiger partial charge is 0.480 e. The molecule has 3 N–H and O–H groups in total. The van der Waals surface area contributed by atoms with E-state index in [4.69, 9.17) is 5.73 Å². The number of aryl methyl sites for hydroxylation is 1. The van der Waals surface area contributed by atoms with Gasteiger partial charge in [-0.25, -0.2) is 4.79 Å². The van der Waals surface area contributed by atoms with Crippen molar-refractivity contribution in [2.75, 3.05) is 0 Å². The number of rotatable bonds is 4. The zero-order valence-electron chi connectivity index (χ0n) is 10.9. The van der Waals surface area contributed by atoms with Crippen LogP contribution < -0.4 is 5.73 Å². The third-order valence-corrected chi connectivity index (χ3v) is 3.46. The van der Waals surface area contributed by atoms with E-state index in [0.717, 1.165) is 16.5 Å².